The van der Waals surface area contributed by atoms with Crippen LogP contribution in [0.25, 0.3) is 0 Å². The lowest BCUT2D eigenvalue weighted by Crippen LogP contribution is -2.45. The molecule has 0 amide bonds. The fourth-order valence-corrected chi connectivity index (χ4v) is 1.86. The maximum atomic E-state index is 11.6. The third-order valence-electron chi connectivity index (χ3n) is 2.99. The van der Waals surface area contributed by atoms with E-state index in [0.717, 1.165) is 25.7 Å². The van der Waals surface area contributed by atoms with E-state index in [0.29, 0.717) is 12.0 Å². The molecule has 0 saturated carbocycles. The smallest absolute Gasteiger partial charge is 0.322 e. The minimum absolute atomic E-state index is 0.132. The van der Waals surface area contributed by atoms with Gasteiger partial charge < -0.3 is 10.1 Å². The summed E-state index contributed by atoms with van der Waals surface area (Å²) in [4.78, 5) is 11.6. The van der Waals surface area contributed by atoms with E-state index in [4.69, 9.17) is 4.74 Å². The molecule has 0 aromatic carbocycles. The third kappa shape index (κ3) is 5.50. The van der Waals surface area contributed by atoms with E-state index in [1.165, 1.54) is 7.11 Å². The van der Waals surface area contributed by atoms with Crippen LogP contribution >= 0.6 is 0 Å². The summed E-state index contributed by atoms with van der Waals surface area (Å²) in [6, 6.07) is 0.248. The van der Waals surface area contributed by atoms with Gasteiger partial charge >= 0.3 is 5.97 Å². The van der Waals surface area contributed by atoms with Gasteiger partial charge in [0.15, 0.2) is 0 Å². The monoisotopic (exact) mass is 229 g/mol. The zero-order chi connectivity index (χ0) is 12.6. The maximum Gasteiger partial charge on any atom is 0.322 e. The zero-order valence-corrected chi connectivity index (χ0v) is 11.4. The summed E-state index contributed by atoms with van der Waals surface area (Å²) in [5.41, 5.74) is 0. The zero-order valence-electron chi connectivity index (χ0n) is 11.4. The Bertz CT molecular complexity index is 192. The Morgan fingerprint density at radius 1 is 1.31 bits per heavy atom. The van der Waals surface area contributed by atoms with Crippen LogP contribution in [0, 0.1) is 5.92 Å². The van der Waals surface area contributed by atoms with E-state index < -0.39 is 0 Å². The third-order valence-corrected chi connectivity index (χ3v) is 2.99. The van der Waals surface area contributed by atoms with Gasteiger partial charge in [0.1, 0.15) is 6.04 Å². The summed E-state index contributed by atoms with van der Waals surface area (Å²) in [6.07, 6.45) is 4.07. The number of carbonyl (C=O) groups excluding carboxylic acids is 1. The van der Waals surface area contributed by atoms with Crippen LogP contribution in [0.5, 0.6) is 0 Å². The summed E-state index contributed by atoms with van der Waals surface area (Å²) in [5, 5.41) is 3.41. The highest BCUT2D eigenvalue weighted by molar-refractivity contribution is 5.75. The lowest BCUT2D eigenvalue weighted by Gasteiger charge is -2.26. The standard InChI is InChI=1S/C13H27NO2/c1-6-8-9-12(13(15)16-5)14-11(7-2)10(3)4/h10-12,14H,6-9H2,1-5H3. The molecule has 0 spiro atoms. The van der Waals surface area contributed by atoms with Crippen molar-refractivity contribution >= 4 is 5.97 Å². The highest BCUT2D eigenvalue weighted by Gasteiger charge is 2.22. The van der Waals surface area contributed by atoms with Crippen molar-refractivity contribution < 1.29 is 9.53 Å². The predicted molar refractivity (Wildman–Crippen MR) is 67.4 cm³/mol. The van der Waals surface area contributed by atoms with Gasteiger partial charge in [-0.05, 0) is 18.8 Å². The van der Waals surface area contributed by atoms with Crippen molar-refractivity contribution in [1.29, 1.82) is 0 Å². The molecule has 0 radical (unpaired) electrons. The van der Waals surface area contributed by atoms with Gasteiger partial charge in [0.25, 0.3) is 0 Å². The van der Waals surface area contributed by atoms with Crippen molar-refractivity contribution in [3.05, 3.63) is 0 Å². The van der Waals surface area contributed by atoms with Gasteiger partial charge in [-0.3, -0.25) is 4.79 Å². The molecule has 0 bridgehead atoms. The van der Waals surface area contributed by atoms with E-state index in [1.54, 1.807) is 0 Å². The van der Waals surface area contributed by atoms with E-state index in [1.807, 2.05) is 0 Å². The average molecular weight is 229 g/mol. The Morgan fingerprint density at radius 3 is 2.31 bits per heavy atom. The van der Waals surface area contributed by atoms with E-state index >= 15 is 0 Å². The molecule has 2 atom stereocenters. The van der Waals surface area contributed by atoms with Crippen molar-refractivity contribution in [3.8, 4) is 0 Å². The summed E-state index contributed by atoms with van der Waals surface area (Å²) in [6.45, 7) is 8.63. The van der Waals surface area contributed by atoms with E-state index in [2.05, 4.69) is 33.0 Å². The van der Waals surface area contributed by atoms with Crippen molar-refractivity contribution in [2.24, 2.45) is 5.92 Å². The average Bonchev–Trinajstić information content (AvgIpc) is 2.28. The predicted octanol–water partition coefficient (Wildman–Crippen LogP) is 2.74. The van der Waals surface area contributed by atoms with Gasteiger partial charge in [-0.15, -0.1) is 0 Å². The molecule has 0 heterocycles. The minimum Gasteiger partial charge on any atom is -0.468 e. The van der Waals surface area contributed by atoms with Crippen LogP contribution < -0.4 is 5.32 Å². The molecule has 0 aliphatic carbocycles. The first-order valence-corrected chi connectivity index (χ1v) is 6.40. The molecule has 96 valence electrons. The lowest BCUT2D eigenvalue weighted by molar-refractivity contribution is -0.143. The maximum absolute atomic E-state index is 11.6. The van der Waals surface area contributed by atoms with Crippen molar-refractivity contribution in [3.63, 3.8) is 0 Å². The molecule has 0 aliphatic rings. The second-order valence-corrected chi connectivity index (χ2v) is 4.64. The Labute approximate surface area is 99.9 Å². The van der Waals surface area contributed by atoms with Gasteiger partial charge in [0.2, 0.25) is 0 Å². The number of unbranched alkanes of at least 4 members (excludes halogenated alkanes) is 1. The van der Waals surface area contributed by atoms with Gasteiger partial charge in [0.05, 0.1) is 7.11 Å². The van der Waals surface area contributed by atoms with Crippen LogP contribution in [0.3, 0.4) is 0 Å². The number of esters is 1. The molecule has 3 nitrogen and oxygen atoms in total. The van der Waals surface area contributed by atoms with Gasteiger partial charge in [-0.1, -0.05) is 40.5 Å². The quantitative estimate of drug-likeness (QED) is 0.650. The number of ether oxygens (including phenoxy) is 1. The second kappa shape index (κ2) is 8.57. The summed E-state index contributed by atoms with van der Waals surface area (Å²) in [7, 11) is 1.46. The van der Waals surface area contributed by atoms with Gasteiger partial charge in [-0.25, -0.2) is 0 Å². The molecular weight excluding hydrogens is 202 g/mol. The number of hydrogen-bond acceptors (Lipinski definition) is 3. The fourth-order valence-electron chi connectivity index (χ4n) is 1.86. The van der Waals surface area contributed by atoms with Crippen molar-refractivity contribution in [2.45, 2.75) is 65.5 Å². The number of rotatable bonds is 8. The molecule has 3 heteroatoms. The number of methoxy groups -OCH3 is 1. The SMILES string of the molecule is CCCCC(NC(CC)C(C)C)C(=O)OC. The summed E-state index contributed by atoms with van der Waals surface area (Å²) < 4.78 is 4.83. The number of nitrogens with one attached hydrogen (secondary N) is 1. The number of carbonyl (C=O) groups is 1. The molecule has 0 fully saturated rings. The first kappa shape index (κ1) is 15.4. The minimum atomic E-state index is -0.141. The molecule has 0 aliphatic heterocycles. The van der Waals surface area contributed by atoms with Crippen LogP contribution in [0.2, 0.25) is 0 Å². The molecule has 0 saturated heterocycles. The second-order valence-electron chi connectivity index (χ2n) is 4.64. The Kier molecular flexibility index (Phi) is 8.26. The van der Waals surface area contributed by atoms with Crippen LogP contribution in [0.4, 0.5) is 0 Å². The fraction of sp³-hybridized carbons (Fsp3) is 0.923. The first-order valence-electron chi connectivity index (χ1n) is 6.40. The first-order chi connectivity index (χ1) is 7.56. The van der Waals surface area contributed by atoms with Crippen LogP contribution in [0.1, 0.15) is 53.4 Å². The topological polar surface area (TPSA) is 38.3 Å². The normalized spacial score (nSPS) is 14.9. The lowest BCUT2D eigenvalue weighted by atomic mass is 9.99. The van der Waals surface area contributed by atoms with Crippen LogP contribution in [-0.4, -0.2) is 25.2 Å². The largest absolute Gasteiger partial charge is 0.468 e. The molecule has 2 unspecified atom stereocenters. The van der Waals surface area contributed by atoms with E-state index in [-0.39, 0.29) is 12.0 Å². The highest BCUT2D eigenvalue weighted by atomic mass is 16.5. The summed E-state index contributed by atoms with van der Waals surface area (Å²) in [5.74, 6) is 0.409. The Balaban J connectivity index is 4.33. The van der Waals surface area contributed by atoms with Crippen LogP contribution in [0.15, 0.2) is 0 Å². The highest BCUT2D eigenvalue weighted by Crippen LogP contribution is 2.10. The Hall–Kier alpha value is -0.570. The van der Waals surface area contributed by atoms with Crippen molar-refractivity contribution in [2.75, 3.05) is 7.11 Å². The molecule has 16 heavy (non-hydrogen) atoms. The Morgan fingerprint density at radius 2 is 1.94 bits per heavy atom. The molecule has 0 rings (SSSR count). The molecule has 0 aromatic heterocycles. The molecule has 0 aromatic rings. The van der Waals surface area contributed by atoms with Crippen LogP contribution in [-0.2, 0) is 9.53 Å². The van der Waals surface area contributed by atoms with Gasteiger partial charge in [-0.2, -0.15) is 0 Å². The molecular formula is C13H27NO2. The number of hydrogen-bond donors (Lipinski definition) is 1. The van der Waals surface area contributed by atoms with Crippen molar-refractivity contribution in [1.82, 2.24) is 5.32 Å². The summed E-state index contributed by atoms with van der Waals surface area (Å²) >= 11 is 0. The molecule has 1 N–H and O–H groups in total. The van der Waals surface area contributed by atoms with Gasteiger partial charge in [0, 0.05) is 6.04 Å². The van der Waals surface area contributed by atoms with E-state index in [9.17, 15) is 4.79 Å².